The molecular formula is C25H32N2O5. The van der Waals surface area contributed by atoms with Gasteiger partial charge in [-0.25, -0.2) is 0 Å². The Morgan fingerprint density at radius 1 is 1.00 bits per heavy atom. The summed E-state index contributed by atoms with van der Waals surface area (Å²) >= 11 is 0. The number of phenolic OH excluding ortho intramolecular Hbond substituents is 1. The van der Waals surface area contributed by atoms with Crippen molar-refractivity contribution in [2.24, 2.45) is 0 Å². The Hall–Kier alpha value is -2.90. The summed E-state index contributed by atoms with van der Waals surface area (Å²) in [7, 11) is 0. The van der Waals surface area contributed by atoms with E-state index < -0.39 is 11.6 Å². The van der Waals surface area contributed by atoms with Gasteiger partial charge in [0.15, 0.2) is 0 Å². The van der Waals surface area contributed by atoms with Gasteiger partial charge in [-0.1, -0.05) is 38.1 Å². The number of ether oxygens (including phenoxy) is 1. The summed E-state index contributed by atoms with van der Waals surface area (Å²) in [6, 6.07) is 13.5. The number of aliphatic hydroxyl groups is 1. The number of hydrogen-bond donors (Lipinski definition) is 4. The fraction of sp³-hybridized carbons (Fsp3) is 0.440. The van der Waals surface area contributed by atoms with Crippen molar-refractivity contribution >= 4 is 11.8 Å². The van der Waals surface area contributed by atoms with Gasteiger partial charge in [0.25, 0.3) is 5.91 Å². The fourth-order valence-corrected chi connectivity index (χ4v) is 3.73. The normalized spacial score (nSPS) is 16.4. The number of aromatic hydroxyl groups is 1. The molecule has 32 heavy (non-hydrogen) atoms. The maximum absolute atomic E-state index is 12.8. The highest BCUT2D eigenvalue weighted by Gasteiger charge is 2.32. The SMILES string of the molecule is CC(C)c1ccc(C(CNC(=O)CC2(O)CCOCC2)NC(=O)c2ccc(O)cc2)cc1. The van der Waals surface area contributed by atoms with Gasteiger partial charge in [-0.05, 0) is 41.3 Å². The topological polar surface area (TPSA) is 108 Å². The second kappa shape index (κ2) is 10.6. The number of phenols is 1. The minimum atomic E-state index is -1.05. The van der Waals surface area contributed by atoms with Crippen LogP contribution in [0, 0.1) is 0 Å². The summed E-state index contributed by atoms with van der Waals surface area (Å²) in [4.78, 5) is 25.3. The van der Waals surface area contributed by atoms with Gasteiger partial charge in [0.05, 0.1) is 18.1 Å². The third kappa shape index (κ3) is 6.55. The van der Waals surface area contributed by atoms with Crippen molar-refractivity contribution < 1.29 is 24.5 Å². The molecule has 7 nitrogen and oxygen atoms in total. The zero-order valence-corrected chi connectivity index (χ0v) is 18.6. The predicted octanol–water partition coefficient (Wildman–Crippen LogP) is 3.03. The van der Waals surface area contributed by atoms with Gasteiger partial charge in [0, 0.05) is 38.2 Å². The lowest BCUT2D eigenvalue weighted by atomic mass is 9.90. The van der Waals surface area contributed by atoms with Crippen LogP contribution in [0.1, 0.15) is 66.6 Å². The van der Waals surface area contributed by atoms with Crippen molar-refractivity contribution in [3.8, 4) is 5.75 Å². The number of rotatable bonds is 8. The first-order chi connectivity index (χ1) is 15.3. The molecule has 1 unspecified atom stereocenters. The van der Waals surface area contributed by atoms with Crippen LogP contribution in [-0.2, 0) is 9.53 Å². The molecule has 0 aromatic heterocycles. The summed E-state index contributed by atoms with van der Waals surface area (Å²) in [6.45, 7) is 5.30. The molecule has 0 aliphatic carbocycles. The standard InChI is InChI=1S/C25H32N2O5/c1-17(2)18-3-5-19(6-4-18)22(27-24(30)20-7-9-21(28)10-8-20)16-26-23(29)15-25(31)11-13-32-14-12-25/h3-10,17,22,28,31H,11-16H2,1-2H3,(H,26,29)(H,27,30). The van der Waals surface area contributed by atoms with Crippen molar-refractivity contribution in [2.45, 2.75) is 50.7 Å². The van der Waals surface area contributed by atoms with Crippen molar-refractivity contribution in [1.29, 1.82) is 0 Å². The van der Waals surface area contributed by atoms with Gasteiger partial charge in [-0.3, -0.25) is 9.59 Å². The molecule has 1 fully saturated rings. The molecule has 1 saturated heterocycles. The van der Waals surface area contributed by atoms with Crippen LogP contribution in [-0.4, -0.2) is 47.4 Å². The molecule has 2 aromatic rings. The molecule has 1 atom stereocenters. The lowest BCUT2D eigenvalue weighted by molar-refractivity contribution is -0.131. The minimum Gasteiger partial charge on any atom is -0.508 e. The molecule has 1 aliphatic heterocycles. The third-order valence-electron chi connectivity index (χ3n) is 5.86. The number of nitrogens with one attached hydrogen (secondary N) is 2. The summed E-state index contributed by atoms with van der Waals surface area (Å²) in [5, 5.41) is 25.9. The van der Waals surface area contributed by atoms with Crippen LogP contribution in [0.3, 0.4) is 0 Å². The summed E-state index contributed by atoms with van der Waals surface area (Å²) in [5.74, 6) is -0.105. The van der Waals surface area contributed by atoms with Crippen LogP contribution in [0.15, 0.2) is 48.5 Å². The molecule has 0 saturated carbocycles. The lowest BCUT2D eigenvalue weighted by Crippen LogP contribution is -2.43. The zero-order valence-electron chi connectivity index (χ0n) is 18.6. The Balaban J connectivity index is 1.70. The molecule has 1 heterocycles. The number of carbonyl (C=O) groups excluding carboxylic acids is 2. The van der Waals surface area contributed by atoms with E-state index in [4.69, 9.17) is 4.74 Å². The van der Waals surface area contributed by atoms with E-state index >= 15 is 0 Å². The van der Waals surface area contributed by atoms with E-state index in [1.807, 2.05) is 24.3 Å². The Morgan fingerprint density at radius 2 is 1.59 bits per heavy atom. The Bertz CT molecular complexity index is 903. The van der Waals surface area contributed by atoms with Crippen molar-refractivity contribution in [1.82, 2.24) is 10.6 Å². The van der Waals surface area contributed by atoms with Gasteiger partial charge in [0.1, 0.15) is 5.75 Å². The van der Waals surface area contributed by atoms with E-state index in [-0.39, 0.29) is 30.5 Å². The van der Waals surface area contributed by atoms with Gasteiger partial charge in [-0.15, -0.1) is 0 Å². The van der Waals surface area contributed by atoms with Gasteiger partial charge in [-0.2, -0.15) is 0 Å². The smallest absolute Gasteiger partial charge is 0.251 e. The van der Waals surface area contributed by atoms with E-state index in [9.17, 15) is 19.8 Å². The third-order valence-corrected chi connectivity index (χ3v) is 5.86. The van der Waals surface area contributed by atoms with E-state index in [0.29, 0.717) is 37.5 Å². The minimum absolute atomic E-state index is 0.00127. The van der Waals surface area contributed by atoms with Crippen LogP contribution in [0.2, 0.25) is 0 Å². The van der Waals surface area contributed by atoms with E-state index in [0.717, 1.165) is 5.56 Å². The highest BCUT2D eigenvalue weighted by Crippen LogP contribution is 2.24. The predicted molar refractivity (Wildman–Crippen MR) is 121 cm³/mol. The average molecular weight is 441 g/mol. The molecule has 3 rings (SSSR count). The number of carbonyl (C=O) groups is 2. The number of benzene rings is 2. The first kappa shape index (κ1) is 23.8. The molecule has 2 amide bonds. The molecule has 172 valence electrons. The number of hydrogen-bond acceptors (Lipinski definition) is 5. The summed E-state index contributed by atoms with van der Waals surface area (Å²) in [5.41, 5.74) is 1.41. The highest BCUT2D eigenvalue weighted by molar-refractivity contribution is 5.94. The Labute approximate surface area is 188 Å². The Kier molecular flexibility index (Phi) is 7.88. The first-order valence-corrected chi connectivity index (χ1v) is 11.0. The lowest BCUT2D eigenvalue weighted by Gasteiger charge is -2.31. The van der Waals surface area contributed by atoms with Crippen LogP contribution >= 0.6 is 0 Å². The van der Waals surface area contributed by atoms with Gasteiger partial charge in [0.2, 0.25) is 5.91 Å². The van der Waals surface area contributed by atoms with E-state index in [1.54, 1.807) is 12.1 Å². The second-order valence-corrected chi connectivity index (χ2v) is 8.71. The fourth-order valence-electron chi connectivity index (χ4n) is 3.73. The van der Waals surface area contributed by atoms with Crippen molar-refractivity contribution in [3.05, 3.63) is 65.2 Å². The van der Waals surface area contributed by atoms with Crippen molar-refractivity contribution in [2.75, 3.05) is 19.8 Å². The average Bonchev–Trinajstić information content (AvgIpc) is 2.77. The quantitative estimate of drug-likeness (QED) is 0.505. The maximum Gasteiger partial charge on any atom is 0.251 e. The molecule has 2 aromatic carbocycles. The molecule has 0 spiro atoms. The van der Waals surface area contributed by atoms with Crippen LogP contribution < -0.4 is 10.6 Å². The Morgan fingerprint density at radius 3 is 2.19 bits per heavy atom. The summed E-state index contributed by atoms with van der Waals surface area (Å²) in [6.07, 6.45) is 0.859. The van der Waals surface area contributed by atoms with Gasteiger partial charge < -0.3 is 25.6 Å². The van der Waals surface area contributed by atoms with Crippen LogP contribution in [0.25, 0.3) is 0 Å². The molecular weight excluding hydrogens is 408 g/mol. The summed E-state index contributed by atoms with van der Waals surface area (Å²) < 4.78 is 5.27. The zero-order chi connectivity index (χ0) is 23.1. The molecule has 0 radical (unpaired) electrons. The largest absolute Gasteiger partial charge is 0.508 e. The van der Waals surface area contributed by atoms with Crippen LogP contribution in [0.4, 0.5) is 0 Å². The van der Waals surface area contributed by atoms with Crippen molar-refractivity contribution in [3.63, 3.8) is 0 Å². The van der Waals surface area contributed by atoms with E-state index in [2.05, 4.69) is 24.5 Å². The van der Waals surface area contributed by atoms with E-state index in [1.165, 1.54) is 17.7 Å². The van der Waals surface area contributed by atoms with Gasteiger partial charge >= 0.3 is 0 Å². The molecule has 1 aliphatic rings. The molecule has 4 N–H and O–H groups in total. The monoisotopic (exact) mass is 440 g/mol. The number of amides is 2. The van der Waals surface area contributed by atoms with Crippen LogP contribution in [0.5, 0.6) is 5.75 Å². The molecule has 0 bridgehead atoms. The molecule has 7 heteroatoms. The first-order valence-electron chi connectivity index (χ1n) is 11.0. The maximum atomic E-state index is 12.8. The highest BCUT2D eigenvalue weighted by atomic mass is 16.5. The second-order valence-electron chi connectivity index (χ2n) is 8.71.